The van der Waals surface area contributed by atoms with Gasteiger partial charge in [-0.1, -0.05) is 17.7 Å². The van der Waals surface area contributed by atoms with Crippen molar-refractivity contribution in [2.45, 2.75) is 38.2 Å². The SMILES string of the molecule is CC(Cl)C(C)(C)NCc1c(F)cccc1Cl. The van der Waals surface area contributed by atoms with Gasteiger partial charge in [-0.25, -0.2) is 4.39 Å². The van der Waals surface area contributed by atoms with Crippen LogP contribution in [0.15, 0.2) is 18.2 Å². The minimum Gasteiger partial charge on any atom is -0.306 e. The minimum absolute atomic E-state index is 0.0574. The van der Waals surface area contributed by atoms with Gasteiger partial charge in [0.1, 0.15) is 5.82 Å². The molecule has 0 aliphatic heterocycles. The number of rotatable bonds is 4. The second-order valence-electron chi connectivity index (χ2n) is 4.39. The van der Waals surface area contributed by atoms with E-state index in [-0.39, 0.29) is 16.7 Å². The van der Waals surface area contributed by atoms with Crippen molar-refractivity contribution in [2.75, 3.05) is 0 Å². The second-order valence-corrected chi connectivity index (χ2v) is 5.45. The van der Waals surface area contributed by atoms with Gasteiger partial charge in [0, 0.05) is 28.0 Å². The number of halogens is 3. The lowest BCUT2D eigenvalue weighted by Crippen LogP contribution is -2.45. The van der Waals surface area contributed by atoms with Crippen LogP contribution in [0.2, 0.25) is 5.02 Å². The van der Waals surface area contributed by atoms with Crippen LogP contribution in [0.25, 0.3) is 0 Å². The summed E-state index contributed by atoms with van der Waals surface area (Å²) in [6.45, 7) is 6.21. The molecule has 0 aliphatic rings. The van der Waals surface area contributed by atoms with Gasteiger partial charge >= 0.3 is 0 Å². The van der Waals surface area contributed by atoms with Crippen molar-refractivity contribution >= 4 is 23.2 Å². The molecule has 0 bridgehead atoms. The summed E-state index contributed by atoms with van der Waals surface area (Å²) >= 11 is 12.0. The summed E-state index contributed by atoms with van der Waals surface area (Å²) < 4.78 is 13.5. The molecule has 0 saturated heterocycles. The maximum absolute atomic E-state index is 13.5. The van der Waals surface area contributed by atoms with Crippen LogP contribution in [0, 0.1) is 5.82 Å². The number of hydrogen-bond acceptors (Lipinski definition) is 1. The normalized spacial score (nSPS) is 13.9. The first-order valence-electron chi connectivity index (χ1n) is 5.16. The highest BCUT2D eigenvalue weighted by molar-refractivity contribution is 6.31. The third kappa shape index (κ3) is 3.34. The maximum Gasteiger partial charge on any atom is 0.129 e. The van der Waals surface area contributed by atoms with Gasteiger partial charge in [-0.2, -0.15) is 0 Å². The molecule has 0 aliphatic carbocycles. The second kappa shape index (κ2) is 5.35. The topological polar surface area (TPSA) is 12.0 Å². The Morgan fingerprint density at radius 3 is 2.56 bits per heavy atom. The first kappa shape index (κ1) is 13.8. The third-order valence-corrected chi connectivity index (χ3v) is 3.68. The first-order chi connectivity index (χ1) is 7.34. The number of nitrogens with one attached hydrogen (secondary N) is 1. The molecule has 4 heteroatoms. The van der Waals surface area contributed by atoms with Crippen molar-refractivity contribution in [3.05, 3.63) is 34.6 Å². The van der Waals surface area contributed by atoms with Crippen LogP contribution < -0.4 is 5.32 Å². The lowest BCUT2D eigenvalue weighted by atomic mass is 10.0. The van der Waals surface area contributed by atoms with E-state index in [9.17, 15) is 4.39 Å². The number of hydrogen-bond donors (Lipinski definition) is 1. The summed E-state index contributed by atoms with van der Waals surface area (Å²) in [6, 6.07) is 4.68. The van der Waals surface area contributed by atoms with Crippen molar-refractivity contribution in [1.82, 2.24) is 5.32 Å². The molecule has 0 radical (unpaired) electrons. The van der Waals surface area contributed by atoms with E-state index >= 15 is 0 Å². The molecule has 16 heavy (non-hydrogen) atoms. The van der Waals surface area contributed by atoms with Gasteiger partial charge in [-0.3, -0.25) is 0 Å². The minimum atomic E-state index is -0.293. The van der Waals surface area contributed by atoms with Crippen LogP contribution in [0.1, 0.15) is 26.3 Å². The Balaban J connectivity index is 2.75. The summed E-state index contributed by atoms with van der Waals surface area (Å²) in [5, 5.41) is 3.58. The van der Waals surface area contributed by atoms with Crippen molar-refractivity contribution < 1.29 is 4.39 Å². The van der Waals surface area contributed by atoms with Crippen LogP contribution in [0.5, 0.6) is 0 Å². The molecule has 1 N–H and O–H groups in total. The Kier molecular flexibility index (Phi) is 4.60. The molecule has 1 aromatic carbocycles. The average Bonchev–Trinajstić information content (AvgIpc) is 2.16. The Labute approximate surface area is 106 Å². The predicted octanol–water partition coefficient (Wildman–Crippen LogP) is 3.97. The lowest BCUT2D eigenvalue weighted by Gasteiger charge is -2.29. The van der Waals surface area contributed by atoms with Crippen molar-refractivity contribution in [3.63, 3.8) is 0 Å². The summed E-state index contributed by atoms with van der Waals surface area (Å²) in [7, 11) is 0. The van der Waals surface area contributed by atoms with Crippen LogP contribution in [0.4, 0.5) is 4.39 Å². The molecule has 0 saturated carbocycles. The fourth-order valence-corrected chi connectivity index (χ4v) is 1.47. The Hall–Kier alpha value is -0.310. The highest BCUT2D eigenvalue weighted by Crippen LogP contribution is 2.21. The zero-order valence-corrected chi connectivity index (χ0v) is 11.2. The zero-order valence-electron chi connectivity index (χ0n) is 9.65. The fourth-order valence-electron chi connectivity index (χ4n) is 1.16. The molecule has 0 spiro atoms. The maximum atomic E-state index is 13.5. The number of benzene rings is 1. The molecule has 0 aromatic heterocycles. The smallest absolute Gasteiger partial charge is 0.129 e. The van der Waals surface area contributed by atoms with E-state index in [0.717, 1.165) is 0 Å². The van der Waals surface area contributed by atoms with Crippen LogP contribution in [-0.2, 0) is 6.54 Å². The molecule has 1 rings (SSSR count). The molecule has 0 heterocycles. The number of alkyl halides is 1. The van der Waals surface area contributed by atoms with E-state index in [0.29, 0.717) is 17.1 Å². The quantitative estimate of drug-likeness (QED) is 0.811. The Bertz CT molecular complexity index is 344. The van der Waals surface area contributed by atoms with Gasteiger partial charge in [-0.05, 0) is 32.9 Å². The van der Waals surface area contributed by atoms with Gasteiger partial charge in [0.05, 0.1) is 0 Å². The van der Waals surface area contributed by atoms with Gasteiger partial charge in [0.2, 0.25) is 0 Å². The molecular weight excluding hydrogens is 248 g/mol. The van der Waals surface area contributed by atoms with Crippen molar-refractivity contribution in [1.29, 1.82) is 0 Å². The molecule has 1 nitrogen and oxygen atoms in total. The summed E-state index contributed by atoms with van der Waals surface area (Å²) in [4.78, 5) is 0. The van der Waals surface area contributed by atoms with E-state index in [1.165, 1.54) is 6.07 Å². The molecule has 90 valence electrons. The van der Waals surface area contributed by atoms with Crippen molar-refractivity contribution in [3.8, 4) is 0 Å². The van der Waals surface area contributed by atoms with E-state index in [4.69, 9.17) is 23.2 Å². The molecule has 1 unspecified atom stereocenters. The molecule has 0 fully saturated rings. The zero-order chi connectivity index (χ0) is 12.3. The predicted molar refractivity (Wildman–Crippen MR) is 67.6 cm³/mol. The highest BCUT2D eigenvalue weighted by atomic mass is 35.5. The van der Waals surface area contributed by atoms with Gasteiger partial charge in [-0.15, -0.1) is 11.6 Å². The summed E-state index contributed by atoms with van der Waals surface area (Å²) in [5.41, 5.74) is 0.210. The van der Waals surface area contributed by atoms with Gasteiger partial charge < -0.3 is 5.32 Å². The summed E-state index contributed by atoms with van der Waals surface area (Å²) in [6.07, 6.45) is 0. The Morgan fingerprint density at radius 1 is 1.44 bits per heavy atom. The van der Waals surface area contributed by atoms with Crippen LogP contribution in [-0.4, -0.2) is 10.9 Å². The van der Waals surface area contributed by atoms with E-state index in [2.05, 4.69) is 5.32 Å². The van der Waals surface area contributed by atoms with E-state index in [1.54, 1.807) is 12.1 Å². The highest BCUT2D eigenvalue weighted by Gasteiger charge is 2.23. The molecule has 0 amide bonds. The third-order valence-electron chi connectivity index (χ3n) is 2.78. The van der Waals surface area contributed by atoms with Crippen LogP contribution in [0.3, 0.4) is 0 Å². The van der Waals surface area contributed by atoms with Gasteiger partial charge in [0.25, 0.3) is 0 Å². The first-order valence-corrected chi connectivity index (χ1v) is 5.98. The Morgan fingerprint density at radius 2 is 2.06 bits per heavy atom. The molecular formula is C12H16Cl2FN. The van der Waals surface area contributed by atoms with Gasteiger partial charge in [0.15, 0.2) is 0 Å². The molecule has 1 atom stereocenters. The fraction of sp³-hybridized carbons (Fsp3) is 0.500. The lowest BCUT2D eigenvalue weighted by molar-refractivity contribution is 0.376. The average molecular weight is 264 g/mol. The molecule has 1 aromatic rings. The van der Waals surface area contributed by atoms with E-state index in [1.807, 2.05) is 20.8 Å². The summed E-state index contributed by atoms with van der Waals surface area (Å²) in [5.74, 6) is -0.293. The van der Waals surface area contributed by atoms with Crippen molar-refractivity contribution in [2.24, 2.45) is 0 Å². The monoisotopic (exact) mass is 263 g/mol. The van der Waals surface area contributed by atoms with E-state index < -0.39 is 0 Å². The van der Waals surface area contributed by atoms with Crippen LogP contribution >= 0.6 is 23.2 Å². The largest absolute Gasteiger partial charge is 0.306 e. The standard InChI is InChI=1S/C12H16Cl2FN/c1-8(13)12(2,3)16-7-9-10(14)5-4-6-11(9)15/h4-6,8,16H,7H2,1-3H3.